The van der Waals surface area contributed by atoms with Gasteiger partial charge in [0.2, 0.25) is 11.8 Å². The Morgan fingerprint density at radius 1 is 1.00 bits per heavy atom. The molecule has 0 unspecified atom stereocenters. The average molecular weight is 471 g/mol. The van der Waals surface area contributed by atoms with E-state index in [2.05, 4.69) is 15.0 Å². The minimum absolute atomic E-state index is 0.0412. The molecule has 1 amide bonds. The van der Waals surface area contributed by atoms with Crippen LogP contribution in [0.5, 0.6) is 11.6 Å². The number of primary amides is 1. The van der Waals surface area contributed by atoms with Gasteiger partial charge < -0.3 is 15.5 Å². The number of nitrogens with one attached hydrogen (secondary N) is 1. The number of aromatic nitrogens is 3. The maximum Gasteiger partial charge on any atom is 0.248 e. The lowest BCUT2D eigenvalue weighted by molar-refractivity contribution is 0.0975. The second kappa shape index (κ2) is 8.96. The van der Waals surface area contributed by atoms with Crippen molar-refractivity contribution in [3.8, 4) is 11.6 Å². The predicted molar refractivity (Wildman–Crippen MR) is 131 cm³/mol. The number of H-pyrrole nitrogens is 1. The quantitative estimate of drug-likeness (QED) is 0.306. The van der Waals surface area contributed by atoms with Gasteiger partial charge in [0.15, 0.2) is 5.78 Å². The van der Waals surface area contributed by atoms with Crippen LogP contribution in [-0.4, -0.2) is 26.6 Å². The predicted octanol–water partition coefficient (Wildman–Crippen LogP) is 5.47. The van der Waals surface area contributed by atoms with Crippen LogP contribution in [0.3, 0.4) is 0 Å². The molecule has 8 heteroatoms. The Morgan fingerprint density at radius 3 is 2.68 bits per heavy atom. The zero-order valence-corrected chi connectivity index (χ0v) is 18.7. The van der Waals surface area contributed by atoms with E-state index in [4.69, 9.17) is 22.1 Å². The summed E-state index contributed by atoms with van der Waals surface area (Å²) in [4.78, 5) is 36.3. The van der Waals surface area contributed by atoms with Crippen molar-refractivity contribution >= 4 is 45.0 Å². The number of carbonyl (C=O) groups is 2. The van der Waals surface area contributed by atoms with E-state index < -0.39 is 5.91 Å². The van der Waals surface area contributed by atoms with Gasteiger partial charge in [-0.3, -0.25) is 14.6 Å². The molecule has 0 fully saturated rings. The van der Waals surface area contributed by atoms with Crippen LogP contribution in [0.25, 0.3) is 21.7 Å². The van der Waals surface area contributed by atoms with E-state index in [1.54, 1.807) is 48.9 Å². The number of halogens is 1. The first-order valence-corrected chi connectivity index (χ1v) is 11.0. The molecule has 0 aliphatic heterocycles. The molecule has 168 valence electrons. The van der Waals surface area contributed by atoms with Crippen molar-refractivity contribution in [1.29, 1.82) is 0 Å². The number of carbonyl (C=O) groups excluding carboxylic acids is 2. The van der Waals surface area contributed by atoms with Crippen LogP contribution in [-0.2, 0) is 6.42 Å². The number of benzene rings is 3. The average Bonchev–Trinajstić information content (AvgIpc) is 3.26. The highest BCUT2D eigenvalue weighted by Crippen LogP contribution is 2.28. The van der Waals surface area contributed by atoms with Crippen LogP contribution in [0.1, 0.15) is 32.7 Å². The van der Waals surface area contributed by atoms with Crippen molar-refractivity contribution in [2.45, 2.75) is 12.8 Å². The number of hydrogen-bond donors (Lipinski definition) is 2. The van der Waals surface area contributed by atoms with Gasteiger partial charge >= 0.3 is 0 Å². The molecular formula is C26H19ClN4O3. The van der Waals surface area contributed by atoms with E-state index in [-0.39, 0.29) is 12.2 Å². The summed E-state index contributed by atoms with van der Waals surface area (Å²) in [6.45, 7) is 0. The Bertz CT molecular complexity index is 1550. The Hall–Kier alpha value is -4.23. The van der Waals surface area contributed by atoms with E-state index in [1.165, 1.54) is 6.20 Å². The normalized spacial score (nSPS) is 11.1. The first-order chi connectivity index (χ1) is 16.5. The molecule has 0 aliphatic rings. The fraction of sp³-hybridized carbons (Fsp3) is 0.0769. The number of aryl methyl sites for hydroxylation is 1. The molecule has 0 bridgehead atoms. The number of nitrogens with two attached hydrogens (primary N) is 1. The van der Waals surface area contributed by atoms with Crippen LogP contribution in [0.2, 0.25) is 5.02 Å². The van der Waals surface area contributed by atoms with Gasteiger partial charge in [-0.2, -0.15) is 0 Å². The smallest absolute Gasteiger partial charge is 0.248 e. The van der Waals surface area contributed by atoms with Crippen LogP contribution >= 0.6 is 11.6 Å². The molecular weight excluding hydrogens is 452 g/mol. The first kappa shape index (κ1) is 21.6. The third kappa shape index (κ3) is 4.33. The maximum absolute atomic E-state index is 13.1. The van der Waals surface area contributed by atoms with E-state index in [9.17, 15) is 9.59 Å². The number of Topliss-reactive ketones (excluding diaryl/α,β-unsaturated/α-hetero) is 1. The number of aromatic amines is 1. The van der Waals surface area contributed by atoms with Crippen LogP contribution in [0, 0.1) is 0 Å². The molecule has 7 nitrogen and oxygen atoms in total. The summed E-state index contributed by atoms with van der Waals surface area (Å²) in [5.74, 6) is 0.386. The minimum atomic E-state index is -0.535. The number of ketones is 1. The Balaban J connectivity index is 1.37. The highest BCUT2D eigenvalue weighted by molar-refractivity contribution is 6.31. The number of ether oxygens (including phenoxy) is 1. The van der Waals surface area contributed by atoms with E-state index in [1.807, 2.05) is 18.2 Å². The first-order valence-electron chi connectivity index (χ1n) is 10.6. The number of amides is 1. The lowest BCUT2D eigenvalue weighted by Crippen LogP contribution is -2.14. The fourth-order valence-corrected chi connectivity index (χ4v) is 4.17. The van der Waals surface area contributed by atoms with Gasteiger partial charge in [0, 0.05) is 58.1 Å². The van der Waals surface area contributed by atoms with Gasteiger partial charge in [0.05, 0.1) is 6.20 Å². The molecule has 2 heterocycles. The minimum Gasteiger partial charge on any atom is -0.437 e. The monoisotopic (exact) mass is 470 g/mol. The Morgan fingerprint density at radius 2 is 1.88 bits per heavy atom. The van der Waals surface area contributed by atoms with Crippen molar-refractivity contribution in [2.75, 3.05) is 0 Å². The topological polar surface area (TPSA) is 111 Å². The lowest BCUT2D eigenvalue weighted by Gasteiger charge is -2.09. The zero-order chi connectivity index (χ0) is 23.7. The summed E-state index contributed by atoms with van der Waals surface area (Å²) in [7, 11) is 0. The molecule has 5 rings (SSSR count). The second-order valence-corrected chi connectivity index (χ2v) is 8.28. The lowest BCUT2D eigenvalue weighted by atomic mass is 9.95. The van der Waals surface area contributed by atoms with Gasteiger partial charge in [0.1, 0.15) is 5.75 Å². The second-order valence-electron chi connectivity index (χ2n) is 7.84. The maximum atomic E-state index is 13.1. The summed E-state index contributed by atoms with van der Waals surface area (Å²) < 4.78 is 5.71. The molecule has 0 saturated heterocycles. The number of nitrogens with zero attached hydrogens (tertiary/aromatic N) is 2. The van der Waals surface area contributed by atoms with Gasteiger partial charge in [-0.1, -0.05) is 23.7 Å². The molecule has 0 saturated carbocycles. The Kier molecular flexibility index (Phi) is 5.69. The standard InChI is InChI=1S/C26H19ClN4O3/c27-18-3-1-15-9-16(21(26(28)33)11-17(15)10-18)2-6-24(32)22-13-31-23-12-19(4-5-20(22)23)34-25-14-29-7-8-30-25/h1,3-5,7-14,31H,2,6H2,(H2,28,33). The van der Waals surface area contributed by atoms with E-state index in [0.717, 1.165) is 27.2 Å². The van der Waals surface area contributed by atoms with Gasteiger partial charge in [-0.15, -0.1) is 0 Å². The van der Waals surface area contributed by atoms with Crippen molar-refractivity contribution in [1.82, 2.24) is 15.0 Å². The summed E-state index contributed by atoms with van der Waals surface area (Å²) >= 11 is 6.07. The molecule has 5 aromatic rings. The van der Waals surface area contributed by atoms with Gasteiger partial charge in [-0.25, -0.2) is 4.98 Å². The number of fused-ring (bicyclic) bond motifs is 2. The third-order valence-electron chi connectivity index (χ3n) is 5.63. The third-order valence-corrected chi connectivity index (χ3v) is 5.86. The summed E-state index contributed by atoms with van der Waals surface area (Å²) in [6.07, 6.45) is 6.94. The van der Waals surface area contributed by atoms with Gasteiger partial charge in [-0.05, 0) is 53.1 Å². The summed E-state index contributed by atoms with van der Waals surface area (Å²) in [5, 5.41) is 3.13. The van der Waals surface area contributed by atoms with Crippen molar-refractivity contribution < 1.29 is 14.3 Å². The molecule has 0 spiro atoms. The molecule has 0 atom stereocenters. The van der Waals surface area contributed by atoms with Crippen molar-refractivity contribution in [3.05, 3.63) is 95.0 Å². The van der Waals surface area contributed by atoms with Crippen molar-refractivity contribution in [2.24, 2.45) is 5.73 Å². The Labute approximate surface area is 199 Å². The molecule has 0 aliphatic carbocycles. The zero-order valence-electron chi connectivity index (χ0n) is 17.9. The van der Waals surface area contributed by atoms with Crippen LogP contribution < -0.4 is 10.5 Å². The fourth-order valence-electron chi connectivity index (χ4n) is 3.99. The van der Waals surface area contributed by atoms with Gasteiger partial charge in [0.25, 0.3) is 0 Å². The summed E-state index contributed by atoms with van der Waals surface area (Å²) in [6, 6.07) is 14.5. The SMILES string of the molecule is NC(=O)c1cc2cc(Cl)ccc2cc1CCC(=O)c1c[nH]c2cc(Oc3cnccn3)ccc12. The number of rotatable bonds is 7. The highest BCUT2D eigenvalue weighted by Gasteiger charge is 2.16. The van der Waals surface area contributed by atoms with Crippen molar-refractivity contribution in [3.63, 3.8) is 0 Å². The summed E-state index contributed by atoms with van der Waals surface area (Å²) in [5.41, 5.74) is 8.08. The molecule has 3 N–H and O–H groups in total. The van der Waals surface area contributed by atoms with E-state index in [0.29, 0.717) is 34.2 Å². The van der Waals surface area contributed by atoms with E-state index >= 15 is 0 Å². The largest absolute Gasteiger partial charge is 0.437 e. The molecule has 3 aromatic carbocycles. The highest BCUT2D eigenvalue weighted by atomic mass is 35.5. The molecule has 34 heavy (non-hydrogen) atoms. The van der Waals surface area contributed by atoms with Crippen LogP contribution in [0.15, 0.2) is 73.3 Å². The molecule has 0 radical (unpaired) electrons. The number of hydrogen-bond acceptors (Lipinski definition) is 5. The van der Waals surface area contributed by atoms with Crippen LogP contribution in [0.4, 0.5) is 0 Å². The molecule has 2 aromatic heterocycles.